The molecule has 2 rings (SSSR count). The molecule has 7 nitrogen and oxygen atoms in total. The molecule has 0 fully saturated rings. The Morgan fingerprint density at radius 2 is 2.08 bits per heavy atom. The van der Waals surface area contributed by atoms with E-state index in [1.807, 2.05) is 56.5 Å². The summed E-state index contributed by atoms with van der Waals surface area (Å²) in [5.41, 5.74) is 0.649. The number of rotatable bonds is 8. The second-order valence-corrected chi connectivity index (χ2v) is 7.53. The van der Waals surface area contributed by atoms with E-state index in [0.717, 1.165) is 24.3 Å². The number of aliphatic hydroxyl groups is 1. The first-order chi connectivity index (χ1) is 11.8. The molecule has 138 valence electrons. The van der Waals surface area contributed by atoms with Gasteiger partial charge in [-0.3, -0.25) is 4.40 Å². The van der Waals surface area contributed by atoms with Gasteiger partial charge in [0.15, 0.2) is 11.5 Å². The van der Waals surface area contributed by atoms with Crippen LogP contribution in [-0.4, -0.2) is 38.9 Å². The zero-order chi connectivity index (χ0) is 18.4. The predicted octanol–water partition coefficient (Wildman–Crippen LogP) is 2.52. The van der Waals surface area contributed by atoms with Crippen LogP contribution in [0.4, 0.5) is 4.79 Å². The lowest BCUT2D eigenvalue weighted by atomic mass is 9.89. The maximum Gasteiger partial charge on any atom is 0.315 e. The summed E-state index contributed by atoms with van der Waals surface area (Å²) in [6.07, 6.45) is 3.57. The van der Waals surface area contributed by atoms with Crippen molar-refractivity contribution < 1.29 is 9.90 Å². The van der Waals surface area contributed by atoms with Crippen molar-refractivity contribution in [1.82, 2.24) is 25.2 Å². The van der Waals surface area contributed by atoms with E-state index < -0.39 is 0 Å². The van der Waals surface area contributed by atoms with Crippen LogP contribution in [0.1, 0.15) is 52.4 Å². The Hall–Kier alpha value is -2.15. The zero-order valence-electron chi connectivity index (χ0n) is 15.5. The summed E-state index contributed by atoms with van der Waals surface area (Å²) >= 11 is 0. The second kappa shape index (κ2) is 8.29. The molecule has 0 saturated carbocycles. The van der Waals surface area contributed by atoms with Crippen LogP contribution in [0.5, 0.6) is 0 Å². The minimum absolute atomic E-state index is 0.112. The summed E-state index contributed by atoms with van der Waals surface area (Å²) in [7, 11) is 0. The fourth-order valence-corrected chi connectivity index (χ4v) is 2.64. The third kappa shape index (κ3) is 5.16. The number of carbonyl (C=O) groups is 1. The van der Waals surface area contributed by atoms with Gasteiger partial charge in [-0.25, -0.2) is 4.79 Å². The van der Waals surface area contributed by atoms with Crippen molar-refractivity contribution in [3.63, 3.8) is 0 Å². The van der Waals surface area contributed by atoms with Crippen molar-refractivity contribution in [1.29, 1.82) is 0 Å². The van der Waals surface area contributed by atoms with Crippen LogP contribution in [0.2, 0.25) is 0 Å². The molecule has 1 unspecified atom stereocenters. The smallest absolute Gasteiger partial charge is 0.315 e. The summed E-state index contributed by atoms with van der Waals surface area (Å²) in [5.74, 6) is 0.897. The van der Waals surface area contributed by atoms with Crippen molar-refractivity contribution in [3.8, 4) is 0 Å². The summed E-state index contributed by atoms with van der Waals surface area (Å²) in [4.78, 5) is 12.3. The Balaban J connectivity index is 1.94. The molecular weight excluding hydrogens is 318 g/mol. The molecule has 2 aromatic heterocycles. The van der Waals surface area contributed by atoms with Gasteiger partial charge in [-0.15, -0.1) is 10.2 Å². The third-order valence-electron chi connectivity index (χ3n) is 4.32. The number of aromatic nitrogens is 3. The molecule has 0 bridgehead atoms. The Kier molecular flexibility index (Phi) is 6.36. The number of pyridine rings is 1. The highest BCUT2D eigenvalue weighted by Crippen LogP contribution is 2.21. The van der Waals surface area contributed by atoms with E-state index in [-0.39, 0.29) is 30.0 Å². The molecule has 0 aliphatic carbocycles. The topological polar surface area (TPSA) is 91.5 Å². The van der Waals surface area contributed by atoms with Crippen LogP contribution in [0.15, 0.2) is 24.4 Å². The molecule has 25 heavy (non-hydrogen) atoms. The van der Waals surface area contributed by atoms with E-state index in [0.29, 0.717) is 6.54 Å². The van der Waals surface area contributed by atoms with E-state index in [9.17, 15) is 9.90 Å². The van der Waals surface area contributed by atoms with Gasteiger partial charge in [-0.2, -0.15) is 0 Å². The summed E-state index contributed by atoms with van der Waals surface area (Å²) < 4.78 is 1.90. The highest BCUT2D eigenvalue weighted by atomic mass is 16.3. The predicted molar refractivity (Wildman–Crippen MR) is 97.2 cm³/mol. The van der Waals surface area contributed by atoms with E-state index >= 15 is 0 Å². The van der Waals surface area contributed by atoms with Crippen molar-refractivity contribution in [2.45, 2.75) is 46.6 Å². The number of nitrogens with zero attached hydrogens (tertiary/aromatic N) is 3. The highest BCUT2D eigenvalue weighted by molar-refractivity contribution is 5.74. The van der Waals surface area contributed by atoms with Crippen LogP contribution in [0, 0.1) is 11.3 Å². The lowest BCUT2D eigenvalue weighted by molar-refractivity contribution is 0.148. The molecule has 0 aliphatic heterocycles. The van der Waals surface area contributed by atoms with Gasteiger partial charge in [0.2, 0.25) is 0 Å². The van der Waals surface area contributed by atoms with Crippen molar-refractivity contribution >= 4 is 11.7 Å². The monoisotopic (exact) mass is 347 g/mol. The summed E-state index contributed by atoms with van der Waals surface area (Å²) in [5, 5.41) is 23.6. The Morgan fingerprint density at radius 3 is 2.76 bits per heavy atom. The van der Waals surface area contributed by atoms with Gasteiger partial charge in [0.05, 0.1) is 6.04 Å². The standard InChI is InChI=1S/C18H29N5O2/c1-13(2)15(16-22-21-14-8-5-6-11-23(14)16)20-17(25)19-10-7-9-18(3,4)12-24/h5-6,8,11,13,15,24H,7,9-10,12H2,1-4H3,(H2,19,20,25). The number of carbonyl (C=O) groups excluding carboxylic acids is 1. The summed E-state index contributed by atoms with van der Waals surface area (Å²) in [6.45, 7) is 8.82. The van der Waals surface area contributed by atoms with Crippen LogP contribution < -0.4 is 10.6 Å². The summed E-state index contributed by atoms with van der Waals surface area (Å²) in [6, 6.07) is 5.27. The zero-order valence-corrected chi connectivity index (χ0v) is 15.5. The van der Waals surface area contributed by atoms with Crippen LogP contribution in [0.3, 0.4) is 0 Å². The quantitative estimate of drug-likeness (QED) is 0.640. The molecule has 2 aromatic rings. The van der Waals surface area contributed by atoms with Gasteiger partial charge in [0, 0.05) is 19.3 Å². The number of fused-ring (bicyclic) bond motifs is 1. The van der Waals surface area contributed by atoms with Crippen LogP contribution >= 0.6 is 0 Å². The minimum atomic E-state index is -0.230. The van der Waals surface area contributed by atoms with Gasteiger partial charge >= 0.3 is 6.03 Å². The molecule has 1 atom stereocenters. The van der Waals surface area contributed by atoms with Gasteiger partial charge in [0.1, 0.15) is 0 Å². The first kappa shape index (κ1) is 19.2. The second-order valence-electron chi connectivity index (χ2n) is 7.53. The van der Waals surface area contributed by atoms with Crippen LogP contribution in [0.25, 0.3) is 5.65 Å². The normalized spacial score (nSPS) is 13.2. The first-order valence-electron chi connectivity index (χ1n) is 8.79. The number of hydrogen-bond acceptors (Lipinski definition) is 4. The maximum atomic E-state index is 12.3. The lowest BCUT2D eigenvalue weighted by Gasteiger charge is -2.23. The minimum Gasteiger partial charge on any atom is -0.396 e. The number of amides is 2. The molecule has 0 spiro atoms. The Bertz CT molecular complexity index is 696. The van der Waals surface area contributed by atoms with Crippen molar-refractivity contribution in [2.24, 2.45) is 11.3 Å². The average Bonchev–Trinajstić information content (AvgIpc) is 3.00. The average molecular weight is 347 g/mol. The highest BCUT2D eigenvalue weighted by Gasteiger charge is 2.23. The molecule has 2 heterocycles. The number of aliphatic hydroxyl groups excluding tert-OH is 1. The van der Waals surface area contributed by atoms with Crippen molar-refractivity contribution in [2.75, 3.05) is 13.2 Å². The largest absolute Gasteiger partial charge is 0.396 e. The number of urea groups is 1. The third-order valence-corrected chi connectivity index (χ3v) is 4.32. The maximum absolute atomic E-state index is 12.3. The Labute approximate surface area is 148 Å². The molecule has 0 radical (unpaired) electrons. The SMILES string of the molecule is CC(C)C(NC(=O)NCCCC(C)(C)CO)c1nnc2ccccn12. The van der Waals surface area contributed by atoms with Crippen molar-refractivity contribution in [3.05, 3.63) is 30.2 Å². The lowest BCUT2D eigenvalue weighted by Crippen LogP contribution is -2.41. The van der Waals surface area contributed by atoms with Crippen LogP contribution in [-0.2, 0) is 0 Å². The molecule has 2 amide bonds. The molecule has 0 aliphatic rings. The van der Waals surface area contributed by atoms with E-state index in [2.05, 4.69) is 20.8 Å². The van der Waals surface area contributed by atoms with Gasteiger partial charge in [0.25, 0.3) is 0 Å². The number of hydrogen-bond donors (Lipinski definition) is 3. The van der Waals surface area contributed by atoms with Gasteiger partial charge in [-0.1, -0.05) is 33.8 Å². The molecule has 7 heteroatoms. The Morgan fingerprint density at radius 1 is 1.32 bits per heavy atom. The molecular formula is C18H29N5O2. The fourth-order valence-electron chi connectivity index (χ4n) is 2.64. The first-order valence-corrected chi connectivity index (χ1v) is 8.79. The fraction of sp³-hybridized carbons (Fsp3) is 0.611. The van der Waals surface area contributed by atoms with Gasteiger partial charge < -0.3 is 15.7 Å². The molecule has 0 aromatic carbocycles. The van der Waals surface area contributed by atoms with E-state index in [1.165, 1.54) is 0 Å². The molecule has 3 N–H and O–H groups in total. The number of nitrogens with one attached hydrogen (secondary N) is 2. The van der Waals surface area contributed by atoms with Gasteiger partial charge in [-0.05, 0) is 36.3 Å². The van der Waals surface area contributed by atoms with E-state index in [1.54, 1.807) is 0 Å². The molecule has 0 saturated heterocycles. The van der Waals surface area contributed by atoms with E-state index in [4.69, 9.17) is 0 Å².